The Labute approximate surface area is 445 Å². The summed E-state index contributed by atoms with van der Waals surface area (Å²) in [5.74, 6) is 0. The fourth-order valence-corrected chi connectivity index (χ4v) is 65.5. The van der Waals surface area contributed by atoms with Crippen molar-refractivity contribution in [2.75, 3.05) is 0 Å². The van der Waals surface area contributed by atoms with Crippen molar-refractivity contribution >= 4 is 146 Å². The van der Waals surface area contributed by atoms with E-state index in [1.54, 1.807) is 0 Å². The van der Waals surface area contributed by atoms with Gasteiger partial charge in [-0.15, -0.1) is 0 Å². The first-order valence-electron chi connectivity index (χ1n) is 24.3. The minimum absolute atomic E-state index is 0. The summed E-state index contributed by atoms with van der Waals surface area (Å²) in [5.41, 5.74) is 0. The molecule has 34 heteroatoms. The Balaban J connectivity index is -0.000000126. The van der Waals surface area contributed by atoms with Crippen LogP contribution in [0.5, 0.6) is 0 Å². The van der Waals surface area contributed by atoms with Gasteiger partial charge in [-0.25, -0.2) is 0 Å². The van der Waals surface area contributed by atoms with Crippen molar-refractivity contribution in [3.8, 4) is 0 Å². The van der Waals surface area contributed by atoms with Crippen molar-refractivity contribution in [1.29, 1.82) is 0 Å². The maximum absolute atomic E-state index is 6.20. The first-order valence-corrected chi connectivity index (χ1v) is 72.9. The van der Waals surface area contributed by atoms with E-state index >= 15 is 0 Å². The van der Waals surface area contributed by atoms with E-state index in [9.17, 15) is 0 Å². The van der Waals surface area contributed by atoms with Gasteiger partial charge in [0.2, 0.25) is 0 Å². The molecule has 0 rings (SSSR count). The molecule has 72 heavy (non-hydrogen) atoms. The summed E-state index contributed by atoms with van der Waals surface area (Å²) in [4.78, 5) is 0. The molecule has 0 heterocycles. The molecule has 13 nitrogen and oxygen atoms in total. The van der Waals surface area contributed by atoms with Crippen LogP contribution in [0.25, 0.3) is 0 Å². The molecule has 0 atom stereocenters. The third-order valence-electron chi connectivity index (χ3n) is 6.06. The van der Waals surface area contributed by atoms with Gasteiger partial charge in [0.05, 0.1) is 0 Å². The third-order valence-corrected chi connectivity index (χ3v) is 54.5. The average molecular weight is 2320 g/mol. The largest absolute Gasteiger partial charge is 0.437 e. The molecule has 0 spiro atoms. The van der Waals surface area contributed by atoms with Crippen LogP contribution in [0, 0.1) is 0 Å². The summed E-state index contributed by atoms with van der Waals surface area (Å²) in [7, 11) is -27.2. The van der Waals surface area contributed by atoms with Crippen molar-refractivity contribution in [2.45, 2.75) is 249 Å². The molecular weight excluding hydrogens is 2210 g/mol. The first-order chi connectivity index (χ1) is 28.9. The Hall–Kier alpha value is -0.833. The summed E-state index contributed by atoms with van der Waals surface area (Å²) in [5, 5.41) is 0. The molecule has 0 aromatic carbocycles. The van der Waals surface area contributed by atoms with Crippen LogP contribution in [-0.2, 0) is 53.5 Å². The second-order valence-corrected chi connectivity index (χ2v) is 89.5. The second-order valence-electron chi connectivity index (χ2n) is 27.2. The SMILES string of the molecule is C[Si](O[Si](C)(C)C)O[Si](C)(C)C.C[Si](O[Si](C)(C)C)O[Si](C)(C)O[Si](C)(C)C.C[Si](O[Si](C)(C)O[Si](C)(C)C)O[Si](C)(C)O[Si](C)(C)C.C[Si](O[Si](C)(C)O[Si](C)(C)C)O[Si](C)(C)O[Si](C)(C)C.[Rf].[Rf].[Rf].[Rf]. The summed E-state index contributed by atoms with van der Waals surface area (Å²) in [6.07, 6.45) is 0. The molecule has 0 aliphatic carbocycles. The maximum Gasteiger partial charge on any atom is 0.362 e. The zero-order valence-corrected chi connectivity index (χ0v) is 97.2. The Bertz CT molecular complexity index is 1260. The van der Waals surface area contributed by atoms with Gasteiger partial charge in [-0.1, -0.05) is 0 Å². The van der Waals surface area contributed by atoms with Gasteiger partial charge in [0.25, 0.3) is 0 Å². The van der Waals surface area contributed by atoms with E-state index in [2.05, 4.69) is 249 Å². The van der Waals surface area contributed by atoms with Gasteiger partial charge in [-0.3, -0.25) is 0 Å². The summed E-state index contributed by atoms with van der Waals surface area (Å²) in [6.45, 7) is 82.1. The van der Waals surface area contributed by atoms with Crippen LogP contribution in [0.2, 0.25) is 249 Å². The van der Waals surface area contributed by atoms with Crippen LogP contribution in [-0.4, -0.2) is 146 Å². The molecule has 0 aliphatic rings. The van der Waals surface area contributed by atoms with Crippen molar-refractivity contribution in [2.24, 2.45) is 0 Å². The second kappa shape index (κ2) is 32.2. The van der Waals surface area contributed by atoms with E-state index in [1.807, 2.05) is 0 Å². The molecule has 0 aromatic rings. The summed E-state index contributed by atoms with van der Waals surface area (Å²) < 4.78 is 79.3. The predicted octanol–water partition coefficient (Wildman–Crippen LogP) is 14.8. The Morgan fingerprint density at radius 2 is 0.264 bits per heavy atom. The summed E-state index contributed by atoms with van der Waals surface area (Å²) in [6, 6.07) is 0. The van der Waals surface area contributed by atoms with E-state index in [0.29, 0.717) is 0 Å². The van der Waals surface area contributed by atoms with Gasteiger partial charge in [-0.2, -0.15) is 0 Å². The molecular formula is C38H114O13Rf4Si17. The van der Waals surface area contributed by atoms with Crippen LogP contribution in [0.4, 0.5) is 0 Å². The first kappa shape index (κ1) is 87.8. The van der Waals surface area contributed by atoms with Crippen molar-refractivity contribution < 1.29 is 53.5 Å². The molecule has 0 saturated carbocycles. The van der Waals surface area contributed by atoms with Crippen LogP contribution >= 0.6 is 0 Å². The third kappa shape index (κ3) is 67.2. The zero-order chi connectivity index (χ0) is 56.0. The van der Waals surface area contributed by atoms with Gasteiger partial charge in [-0.05, 0) is 249 Å². The van der Waals surface area contributed by atoms with E-state index < -0.39 is 146 Å². The van der Waals surface area contributed by atoms with Gasteiger partial charge in [0, 0.05) is 0 Å². The standard InChI is InChI=1S/2C11H33O4Si5.C9H27O3Si4.C7H21O2Si3.4Rf/c2*1-16(12-19(8,9)14-17(2,3)4)13-20(10,11)15-18(5,6)7;1-13(10-14(2,3)4)11-16(8,9)12-15(5,6)7;1-10(8-11(2,3)4)9-12(5,6)7;;;;/h2*1-11H3;1-9H3;1-7H3;;;;. The van der Waals surface area contributed by atoms with Crippen molar-refractivity contribution in [1.82, 2.24) is 0 Å². The molecule has 0 fully saturated rings. The minimum atomic E-state index is -2.10. The van der Waals surface area contributed by atoms with Crippen LogP contribution in [0.15, 0.2) is 0 Å². The average Bonchev–Trinajstić information content (AvgIpc) is 2.80. The van der Waals surface area contributed by atoms with E-state index in [1.165, 1.54) is 0 Å². The molecule has 0 saturated heterocycles. The Morgan fingerprint density at radius 1 is 0.167 bits per heavy atom. The topological polar surface area (TPSA) is 120 Å². The summed E-state index contributed by atoms with van der Waals surface area (Å²) >= 11 is 0. The normalized spacial score (nSPS) is 13.9. The smallest absolute Gasteiger partial charge is 0.362 e. The van der Waals surface area contributed by atoms with Gasteiger partial charge in [0.15, 0.2) is 66.5 Å². The zero-order valence-electron chi connectivity index (χ0n) is 54.6. The molecule has 420 valence electrons. The van der Waals surface area contributed by atoms with Gasteiger partial charge >= 0.3 is 79.9 Å². The Kier molecular flexibility index (Phi) is 39.2. The van der Waals surface area contributed by atoms with Crippen LogP contribution < -0.4 is 0 Å². The van der Waals surface area contributed by atoms with E-state index in [-0.39, 0.29) is 0 Å². The number of hydrogen-bond donors (Lipinski definition) is 0. The van der Waals surface area contributed by atoms with E-state index in [0.717, 1.165) is 0 Å². The number of hydrogen-bond acceptors (Lipinski definition) is 13. The van der Waals surface area contributed by atoms with Gasteiger partial charge in [0.1, 0.15) is 0 Å². The van der Waals surface area contributed by atoms with Crippen molar-refractivity contribution in [3.63, 3.8) is 0 Å². The number of rotatable bonds is 26. The molecule has 0 amide bonds. The predicted molar refractivity (Wildman–Crippen MR) is 335 cm³/mol. The molecule has 0 aromatic heterocycles. The molecule has 0 bridgehead atoms. The van der Waals surface area contributed by atoms with E-state index in [4.69, 9.17) is 53.5 Å². The maximum atomic E-state index is 6.20. The fraction of sp³-hybridized carbons (Fsp3) is 1.00. The fourth-order valence-electron chi connectivity index (χ4n) is 6.90. The Morgan fingerprint density at radius 3 is 0.361 bits per heavy atom. The minimum Gasteiger partial charge on any atom is -0.437 e. The molecule has 0 aliphatic heterocycles. The van der Waals surface area contributed by atoms with Gasteiger partial charge < -0.3 is 53.5 Å². The molecule has 0 N–H and O–H groups in total. The molecule has 0 unspecified atom stereocenters. The van der Waals surface area contributed by atoms with Crippen molar-refractivity contribution in [3.05, 3.63) is 0 Å². The quantitative estimate of drug-likeness (QED) is 0.0765. The van der Waals surface area contributed by atoms with Crippen LogP contribution in [0.1, 0.15) is 0 Å². The monoisotopic (exact) mass is 2320 g/mol. The van der Waals surface area contributed by atoms with Crippen LogP contribution in [0.3, 0.4) is 0 Å². The molecule has 4 radical (unpaired) electrons.